The molecule has 1 aromatic heterocycles. The molecule has 7 nitrogen and oxygen atoms in total. The molecule has 0 amide bonds. The molecule has 0 aliphatic heterocycles. The van der Waals surface area contributed by atoms with Crippen molar-refractivity contribution in [1.82, 2.24) is 9.29 Å². The van der Waals surface area contributed by atoms with Gasteiger partial charge in [0.05, 0.1) is 6.42 Å². The third kappa shape index (κ3) is 3.43. The number of H-pyrrole nitrogens is 1. The Balaban J connectivity index is 3.19. The number of carbonyl (C=O) groups is 1. The number of nitrogens with one attached hydrogen (secondary N) is 1. The molecular formula is C10H16N2O5S2. The summed E-state index contributed by atoms with van der Waals surface area (Å²) in [7, 11) is -3.85. The molecule has 19 heavy (non-hydrogen) atoms. The van der Waals surface area contributed by atoms with Crippen LogP contribution in [-0.2, 0) is 14.8 Å². The van der Waals surface area contributed by atoms with Gasteiger partial charge in [-0.25, -0.2) is 8.42 Å². The van der Waals surface area contributed by atoms with E-state index >= 15 is 0 Å². The lowest BCUT2D eigenvalue weighted by molar-refractivity contribution is -0.137. The van der Waals surface area contributed by atoms with Crippen molar-refractivity contribution in [3.8, 4) is 0 Å². The molecule has 1 heterocycles. The first-order chi connectivity index (χ1) is 8.70. The van der Waals surface area contributed by atoms with Gasteiger partial charge in [0, 0.05) is 18.3 Å². The monoisotopic (exact) mass is 308 g/mol. The van der Waals surface area contributed by atoms with E-state index in [0.29, 0.717) is 11.3 Å². The van der Waals surface area contributed by atoms with Crippen molar-refractivity contribution in [1.29, 1.82) is 0 Å². The summed E-state index contributed by atoms with van der Waals surface area (Å²) in [5, 5.41) is 8.75. The van der Waals surface area contributed by atoms with Crippen molar-refractivity contribution in [2.75, 3.05) is 6.54 Å². The molecular weight excluding hydrogens is 292 g/mol. The Bertz CT molecular complexity index is 616. The number of aryl methyl sites for hydroxylation is 1. The van der Waals surface area contributed by atoms with Crippen LogP contribution < -0.4 is 4.87 Å². The average molecular weight is 308 g/mol. The summed E-state index contributed by atoms with van der Waals surface area (Å²) in [4.78, 5) is 23.9. The Morgan fingerprint density at radius 1 is 1.53 bits per heavy atom. The van der Waals surface area contributed by atoms with E-state index in [1.165, 1.54) is 13.8 Å². The highest BCUT2D eigenvalue weighted by Crippen LogP contribution is 2.23. The van der Waals surface area contributed by atoms with Crippen molar-refractivity contribution in [2.45, 2.75) is 37.4 Å². The van der Waals surface area contributed by atoms with Crippen LogP contribution in [0.25, 0.3) is 0 Å². The van der Waals surface area contributed by atoms with Gasteiger partial charge >= 0.3 is 10.8 Å². The zero-order valence-electron chi connectivity index (χ0n) is 10.8. The molecule has 108 valence electrons. The van der Waals surface area contributed by atoms with Crippen LogP contribution in [0.1, 0.15) is 26.0 Å². The lowest BCUT2D eigenvalue weighted by atomic mass is 10.2. The van der Waals surface area contributed by atoms with Crippen LogP contribution in [0, 0.1) is 6.92 Å². The summed E-state index contributed by atoms with van der Waals surface area (Å²) in [5.74, 6) is -1.07. The Morgan fingerprint density at radius 2 is 2.11 bits per heavy atom. The highest BCUT2D eigenvalue weighted by molar-refractivity contribution is 7.91. The van der Waals surface area contributed by atoms with Crippen LogP contribution in [-0.4, -0.2) is 41.4 Å². The van der Waals surface area contributed by atoms with Crippen LogP contribution in [0.2, 0.25) is 0 Å². The standard InChI is InChI=1S/C10H16N2O5S2/c1-4-12(6(2)5-8(13)14)19(16,17)9-7(3)11-10(15)18-9/h6H,4-5H2,1-3H3,(H,11,15)(H,13,14). The first kappa shape index (κ1) is 15.9. The maximum atomic E-state index is 12.4. The highest BCUT2D eigenvalue weighted by atomic mass is 32.2. The fraction of sp³-hybridized carbons (Fsp3) is 0.600. The number of aromatic amines is 1. The van der Waals surface area contributed by atoms with Gasteiger partial charge in [0.2, 0.25) is 0 Å². The summed E-state index contributed by atoms with van der Waals surface area (Å²) in [6, 6.07) is -0.677. The largest absolute Gasteiger partial charge is 0.481 e. The van der Waals surface area contributed by atoms with Gasteiger partial charge in [-0.2, -0.15) is 4.31 Å². The molecule has 0 spiro atoms. The molecule has 1 atom stereocenters. The van der Waals surface area contributed by atoms with Crippen molar-refractivity contribution < 1.29 is 18.3 Å². The minimum absolute atomic E-state index is 0.0587. The SMILES string of the molecule is CCN(C(C)CC(=O)O)S(=O)(=O)c1sc(=O)[nH]c1C. The van der Waals surface area contributed by atoms with E-state index in [-0.39, 0.29) is 22.9 Å². The van der Waals surface area contributed by atoms with Crippen LogP contribution in [0.3, 0.4) is 0 Å². The van der Waals surface area contributed by atoms with Gasteiger partial charge in [-0.05, 0) is 13.8 Å². The van der Waals surface area contributed by atoms with E-state index in [1.54, 1.807) is 6.92 Å². The number of thiazole rings is 1. The second-order valence-electron chi connectivity index (χ2n) is 4.08. The third-order valence-electron chi connectivity index (χ3n) is 2.60. The molecule has 0 aromatic carbocycles. The van der Waals surface area contributed by atoms with E-state index in [9.17, 15) is 18.0 Å². The minimum Gasteiger partial charge on any atom is -0.481 e. The second kappa shape index (κ2) is 5.85. The zero-order valence-corrected chi connectivity index (χ0v) is 12.5. The van der Waals surface area contributed by atoms with Crippen molar-refractivity contribution in [3.05, 3.63) is 15.4 Å². The lowest BCUT2D eigenvalue weighted by Crippen LogP contribution is -2.39. The van der Waals surface area contributed by atoms with Crippen LogP contribution in [0.4, 0.5) is 0 Å². The quantitative estimate of drug-likeness (QED) is 0.801. The highest BCUT2D eigenvalue weighted by Gasteiger charge is 2.31. The number of rotatable bonds is 6. The summed E-state index contributed by atoms with van der Waals surface area (Å²) < 4.78 is 25.8. The minimum atomic E-state index is -3.85. The number of sulfonamides is 1. The second-order valence-corrected chi connectivity index (χ2v) is 7.15. The number of carboxylic acids is 1. The van der Waals surface area contributed by atoms with Crippen molar-refractivity contribution >= 4 is 27.3 Å². The van der Waals surface area contributed by atoms with E-state index in [1.807, 2.05) is 0 Å². The van der Waals surface area contributed by atoms with Gasteiger partial charge < -0.3 is 10.1 Å². The molecule has 0 bridgehead atoms. The lowest BCUT2D eigenvalue weighted by Gasteiger charge is -2.25. The average Bonchev–Trinajstić information content (AvgIpc) is 2.57. The van der Waals surface area contributed by atoms with Crippen LogP contribution in [0.5, 0.6) is 0 Å². The normalized spacial score (nSPS) is 13.7. The molecule has 0 radical (unpaired) electrons. The predicted octanol–water partition coefficient (Wildman–Crippen LogP) is 0.619. The number of hydrogen-bond acceptors (Lipinski definition) is 5. The van der Waals surface area contributed by atoms with Crippen molar-refractivity contribution in [2.24, 2.45) is 0 Å². The molecule has 0 aliphatic rings. The smallest absolute Gasteiger partial charge is 0.305 e. The van der Waals surface area contributed by atoms with Crippen LogP contribution >= 0.6 is 11.3 Å². The molecule has 9 heteroatoms. The molecule has 1 unspecified atom stereocenters. The van der Waals surface area contributed by atoms with Gasteiger partial charge in [-0.1, -0.05) is 18.3 Å². The molecule has 1 aromatic rings. The van der Waals surface area contributed by atoms with E-state index in [4.69, 9.17) is 5.11 Å². The fourth-order valence-electron chi connectivity index (χ4n) is 1.82. The zero-order chi connectivity index (χ0) is 14.8. The third-order valence-corrected chi connectivity index (χ3v) is 6.27. The molecule has 2 N–H and O–H groups in total. The van der Waals surface area contributed by atoms with E-state index < -0.39 is 26.9 Å². The summed E-state index contributed by atoms with van der Waals surface area (Å²) in [6.45, 7) is 4.80. The Morgan fingerprint density at radius 3 is 2.47 bits per heavy atom. The van der Waals surface area contributed by atoms with E-state index in [2.05, 4.69) is 4.98 Å². The van der Waals surface area contributed by atoms with Gasteiger partial charge in [-0.3, -0.25) is 9.59 Å². The topological polar surface area (TPSA) is 108 Å². The van der Waals surface area contributed by atoms with Gasteiger partial charge in [0.25, 0.3) is 10.0 Å². The Hall–Kier alpha value is -1.19. The number of nitrogens with zero attached hydrogens (tertiary/aromatic N) is 1. The van der Waals surface area contributed by atoms with Gasteiger partial charge in [0.1, 0.15) is 0 Å². The van der Waals surface area contributed by atoms with Crippen LogP contribution in [0.15, 0.2) is 9.00 Å². The number of aliphatic carboxylic acids is 1. The summed E-state index contributed by atoms with van der Waals surface area (Å²) in [6.07, 6.45) is -0.286. The summed E-state index contributed by atoms with van der Waals surface area (Å²) >= 11 is 0.613. The molecule has 0 saturated heterocycles. The molecule has 0 saturated carbocycles. The van der Waals surface area contributed by atoms with Gasteiger partial charge in [-0.15, -0.1) is 0 Å². The number of aromatic nitrogens is 1. The summed E-state index contributed by atoms with van der Waals surface area (Å²) in [5.41, 5.74) is 0.274. The maximum absolute atomic E-state index is 12.4. The Kier molecular flexibility index (Phi) is 4.88. The predicted molar refractivity (Wildman–Crippen MR) is 71.0 cm³/mol. The maximum Gasteiger partial charge on any atom is 0.305 e. The fourth-order valence-corrected chi connectivity index (χ4v) is 4.87. The van der Waals surface area contributed by atoms with Crippen molar-refractivity contribution in [3.63, 3.8) is 0 Å². The van der Waals surface area contributed by atoms with Gasteiger partial charge in [0.15, 0.2) is 4.21 Å². The first-order valence-corrected chi connectivity index (χ1v) is 7.89. The molecule has 1 rings (SSSR count). The van der Waals surface area contributed by atoms with E-state index in [0.717, 1.165) is 4.31 Å². The molecule has 0 aliphatic carbocycles. The first-order valence-electron chi connectivity index (χ1n) is 5.63. The Labute approximate surface area is 114 Å². The number of carboxylic acid groups (broad SMARTS) is 1. The number of hydrogen-bond donors (Lipinski definition) is 2. The molecule has 0 fully saturated rings.